The Bertz CT molecular complexity index is 2660. The second-order valence-electron chi connectivity index (χ2n) is 13.4. The van der Waals surface area contributed by atoms with Gasteiger partial charge in [0.05, 0.1) is 0 Å². The molecule has 246 valence electrons. The van der Waals surface area contributed by atoms with Crippen molar-refractivity contribution in [1.82, 2.24) is 0 Å². The van der Waals surface area contributed by atoms with Gasteiger partial charge in [0.25, 0.3) is 0 Å². The molecule has 52 heavy (non-hydrogen) atoms. The monoisotopic (exact) mass is 682 g/mol. The van der Waals surface area contributed by atoms with Crippen LogP contribution in [0, 0.1) is 0 Å². The predicted molar refractivity (Wildman–Crippen MR) is 222 cm³/mol. The van der Waals surface area contributed by atoms with Gasteiger partial charge in [-0.2, -0.15) is 0 Å². The molecule has 0 radical (unpaired) electrons. The molecule has 2 nitrogen and oxygen atoms in total. The van der Waals surface area contributed by atoms with E-state index in [1.165, 1.54) is 53.6 Å². The quantitative estimate of drug-likeness (QED) is 0.165. The molecule has 10 rings (SSSR count). The molecule has 8 aromatic carbocycles. The van der Waals surface area contributed by atoms with Crippen LogP contribution in [0.3, 0.4) is 0 Å². The molecule has 9 aromatic rings. The van der Waals surface area contributed by atoms with Crippen molar-refractivity contribution < 1.29 is 0 Å². The van der Waals surface area contributed by atoms with Gasteiger partial charge in [0.1, 0.15) is 0 Å². The molecule has 0 saturated heterocycles. The van der Waals surface area contributed by atoms with Crippen LogP contribution >= 0.6 is 11.3 Å². The number of nitrogens with zero attached hydrogens (tertiary/aromatic N) is 2. The number of para-hydroxylation sites is 3. The summed E-state index contributed by atoms with van der Waals surface area (Å²) in [5.41, 5.74) is 14.8. The van der Waals surface area contributed by atoms with E-state index in [9.17, 15) is 0 Å². The largest absolute Gasteiger partial charge is 0.310 e. The van der Waals surface area contributed by atoms with Crippen LogP contribution in [0.15, 0.2) is 194 Å². The molecule has 1 aliphatic rings. The van der Waals surface area contributed by atoms with Crippen molar-refractivity contribution in [2.45, 2.75) is 6.42 Å². The van der Waals surface area contributed by atoms with Crippen molar-refractivity contribution >= 4 is 65.6 Å². The van der Waals surface area contributed by atoms with Crippen molar-refractivity contribution in [3.05, 3.63) is 205 Å². The summed E-state index contributed by atoms with van der Waals surface area (Å²) in [5.74, 6) is 0. The van der Waals surface area contributed by atoms with Crippen molar-refractivity contribution in [3.8, 4) is 22.3 Å². The second kappa shape index (κ2) is 12.7. The Hall–Kier alpha value is -6.42. The molecule has 0 saturated carbocycles. The molecule has 1 aliphatic carbocycles. The highest BCUT2D eigenvalue weighted by atomic mass is 32.1. The molecule has 0 unspecified atom stereocenters. The van der Waals surface area contributed by atoms with Gasteiger partial charge in [-0.15, -0.1) is 11.3 Å². The third-order valence-electron chi connectivity index (χ3n) is 10.2. The number of fused-ring (bicyclic) bond motifs is 6. The van der Waals surface area contributed by atoms with Crippen LogP contribution in [0.25, 0.3) is 42.4 Å². The standard InChI is InChI=1S/C49H34N2S/c1-5-13-34(14-6-1)35-21-22-36-29-37-23-24-41(31-46(37)45(36)30-35)51(40-19-11-4-12-20-40)43-25-27-44-47-32-42(26-28-48(47)52-49(44)33-43)50(38-15-7-2-8-16-38)39-17-9-3-10-18-39/h1-28,30-33H,29H2. The van der Waals surface area contributed by atoms with E-state index < -0.39 is 0 Å². The fourth-order valence-electron chi connectivity index (χ4n) is 7.76. The SMILES string of the molecule is c1ccc(-c2ccc3c(c2)-c2cc(N(c4ccccc4)c4ccc5c(c4)sc4ccc(N(c6ccccc6)c6ccccc6)cc45)ccc2C3)cc1. The molecule has 0 spiro atoms. The molecule has 0 N–H and O–H groups in total. The van der Waals surface area contributed by atoms with Crippen molar-refractivity contribution in [2.24, 2.45) is 0 Å². The zero-order chi connectivity index (χ0) is 34.4. The molecule has 0 aliphatic heterocycles. The van der Waals surface area contributed by atoms with Gasteiger partial charge in [-0.3, -0.25) is 0 Å². The van der Waals surface area contributed by atoms with E-state index in [-0.39, 0.29) is 0 Å². The Morgan fingerprint density at radius 3 is 1.48 bits per heavy atom. The maximum atomic E-state index is 2.40. The van der Waals surface area contributed by atoms with Crippen LogP contribution in [-0.2, 0) is 6.42 Å². The first-order valence-electron chi connectivity index (χ1n) is 17.8. The summed E-state index contributed by atoms with van der Waals surface area (Å²) in [5, 5.41) is 2.55. The highest BCUT2D eigenvalue weighted by molar-refractivity contribution is 7.25. The number of anilines is 6. The zero-order valence-corrected chi connectivity index (χ0v) is 29.3. The van der Waals surface area contributed by atoms with E-state index in [1.54, 1.807) is 0 Å². The van der Waals surface area contributed by atoms with Gasteiger partial charge in [-0.1, -0.05) is 109 Å². The fourth-order valence-corrected chi connectivity index (χ4v) is 8.88. The van der Waals surface area contributed by atoms with E-state index in [0.29, 0.717) is 0 Å². The van der Waals surface area contributed by atoms with E-state index in [1.807, 2.05) is 11.3 Å². The topological polar surface area (TPSA) is 6.48 Å². The van der Waals surface area contributed by atoms with Crippen molar-refractivity contribution in [2.75, 3.05) is 9.80 Å². The number of hydrogen-bond donors (Lipinski definition) is 0. The molecule has 1 heterocycles. The summed E-state index contributed by atoms with van der Waals surface area (Å²) in [6.07, 6.45) is 0.965. The number of thiophene rings is 1. The Balaban J connectivity index is 1.07. The van der Waals surface area contributed by atoms with E-state index >= 15 is 0 Å². The van der Waals surface area contributed by atoms with Crippen LogP contribution < -0.4 is 9.80 Å². The van der Waals surface area contributed by atoms with E-state index in [0.717, 1.165) is 40.5 Å². The van der Waals surface area contributed by atoms with Crippen LogP contribution in [0.5, 0.6) is 0 Å². The van der Waals surface area contributed by atoms with Gasteiger partial charge in [-0.25, -0.2) is 0 Å². The van der Waals surface area contributed by atoms with E-state index in [4.69, 9.17) is 0 Å². The lowest BCUT2D eigenvalue weighted by molar-refractivity contribution is 1.25. The Morgan fingerprint density at radius 1 is 0.327 bits per heavy atom. The summed E-state index contributed by atoms with van der Waals surface area (Å²) in [4.78, 5) is 4.74. The summed E-state index contributed by atoms with van der Waals surface area (Å²) < 4.78 is 2.56. The first-order chi connectivity index (χ1) is 25.8. The molecule has 0 amide bonds. The molecule has 0 fully saturated rings. The fraction of sp³-hybridized carbons (Fsp3) is 0.0204. The average Bonchev–Trinajstić information content (AvgIpc) is 3.77. The van der Waals surface area contributed by atoms with E-state index in [2.05, 4.69) is 204 Å². The first-order valence-corrected chi connectivity index (χ1v) is 18.6. The van der Waals surface area contributed by atoms with Gasteiger partial charge in [0.15, 0.2) is 0 Å². The Kier molecular flexibility index (Phi) is 7.44. The number of benzene rings is 8. The molecular formula is C49H34N2S. The highest BCUT2D eigenvalue weighted by Crippen LogP contribution is 2.46. The van der Waals surface area contributed by atoms with Crippen LogP contribution in [-0.4, -0.2) is 0 Å². The molecule has 0 atom stereocenters. The third-order valence-corrected chi connectivity index (χ3v) is 11.4. The lowest BCUT2D eigenvalue weighted by Crippen LogP contribution is -2.10. The highest BCUT2D eigenvalue weighted by Gasteiger charge is 2.23. The average molecular weight is 683 g/mol. The van der Waals surface area contributed by atoms with Crippen molar-refractivity contribution in [3.63, 3.8) is 0 Å². The molecule has 3 heteroatoms. The Morgan fingerprint density at radius 2 is 0.827 bits per heavy atom. The number of hydrogen-bond acceptors (Lipinski definition) is 3. The number of rotatable bonds is 7. The van der Waals surface area contributed by atoms with Gasteiger partial charge >= 0.3 is 0 Å². The zero-order valence-electron chi connectivity index (χ0n) is 28.5. The minimum Gasteiger partial charge on any atom is -0.310 e. The summed E-state index contributed by atoms with van der Waals surface area (Å²) >= 11 is 1.86. The summed E-state index contributed by atoms with van der Waals surface area (Å²) in [7, 11) is 0. The predicted octanol–water partition coefficient (Wildman–Crippen LogP) is 14.2. The van der Waals surface area contributed by atoms with Gasteiger partial charge in [-0.05, 0) is 125 Å². The maximum absolute atomic E-state index is 2.40. The lowest BCUT2D eigenvalue weighted by Gasteiger charge is -2.26. The van der Waals surface area contributed by atoms with Gasteiger partial charge in [0.2, 0.25) is 0 Å². The first kappa shape index (κ1) is 30.4. The summed E-state index contributed by atoms with van der Waals surface area (Å²) in [6.45, 7) is 0. The van der Waals surface area contributed by atoms with Crippen LogP contribution in [0.2, 0.25) is 0 Å². The van der Waals surface area contributed by atoms with Gasteiger partial charge in [0, 0.05) is 54.3 Å². The lowest BCUT2D eigenvalue weighted by atomic mass is 9.98. The van der Waals surface area contributed by atoms with Gasteiger partial charge < -0.3 is 9.80 Å². The third kappa shape index (κ3) is 5.35. The molecular weight excluding hydrogens is 649 g/mol. The van der Waals surface area contributed by atoms with Crippen molar-refractivity contribution in [1.29, 1.82) is 0 Å². The Labute approximate surface area is 308 Å². The summed E-state index contributed by atoms with van der Waals surface area (Å²) in [6, 6.07) is 70.5. The normalized spacial score (nSPS) is 11.8. The van der Waals surface area contributed by atoms with Crippen LogP contribution in [0.4, 0.5) is 34.1 Å². The molecule has 0 bridgehead atoms. The smallest absolute Gasteiger partial charge is 0.0476 e. The molecule has 1 aromatic heterocycles. The minimum absolute atomic E-state index is 0.965. The maximum Gasteiger partial charge on any atom is 0.0476 e. The second-order valence-corrected chi connectivity index (χ2v) is 14.5. The minimum atomic E-state index is 0.965. The van der Waals surface area contributed by atoms with Crippen LogP contribution in [0.1, 0.15) is 11.1 Å².